The smallest absolute Gasteiger partial charge is 0.277 e. The first-order valence-electron chi connectivity index (χ1n) is 7.51. The zero-order chi connectivity index (χ0) is 14.4. The minimum atomic E-state index is -0.138. The van der Waals surface area contributed by atoms with Gasteiger partial charge in [0.1, 0.15) is 10.4 Å². The fraction of sp³-hybridized carbons (Fsp3) is 0.533. The minimum absolute atomic E-state index is 0.138. The lowest BCUT2D eigenvalue weighted by Gasteiger charge is -2.31. The van der Waals surface area contributed by atoms with Gasteiger partial charge >= 0.3 is 0 Å². The Morgan fingerprint density at radius 2 is 1.90 bits per heavy atom. The van der Waals surface area contributed by atoms with Crippen molar-refractivity contribution in [3.8, 4) is 0 Å². The molecule has 6 heteroatoms. The van der Waals surface area contributed by atoms with Crippen molar-refractivity contribution in [2.45, 2.75) is 37.6 Å². The molecule has 0 unspecified atom stereocenters. The molecule has 1 saturated carbocycles. The summed E-state index contributed by atoms with van der Waals surface area (Å²) in [5.41, 5.74) is 0.950. The zero-order valence-electron chi connectivity index (χ0n) is 11.7. The van der Waals surface area contributed by atoms with Crippen LogP contribution in [0.5, 0.6) is 0 Å². The predicted octanol–water partition coefficient (Wildman–Crippen LogP) is 2.42. The molecular weight excluding hydrogens is 332 g/mol. The van der Waals surface area contributed by atoms with Crippen molar-refractivity contribution in [2.24, 2.45) is 0 Å². The lowest BCUT2D eigenvalue weighted by Crippen LogP contribution is -2.35. The van der Waals surface area contributed by atoms with E-state index in [0.29, 0.717) is 21.6 Å². The monoisotopic (exact) mass is 348 g/mol. The topological polar surface area (TPSA) is 61.9 Å². The summed E-state index contributed by atoms with van der Waals surface area (Å²) in [6.07, 6.45) is 4.87. The van der Waals surface area contributed by atoms with Crippen molar-refractivity contribution in [3.63, 3.8) is 0 Å². The lowest BCUT2D eigenvalue weighted by molar-refractivity contribution is 0.200. The molecule has 1 aliphatic heterocycles. The average molecular weight is 349 g/mol. The number of rotatable bonds is 2. The highest BCUT2D eigenvalue weighted by atomic mass is 79.9. The van der Waals surface area contributed by atoms with Crippen molar-refractivity contribution < 1.29 is 0 Å². The Labute approximate surface area is 130 Å². The second-order valence-electron chi connectivity index (χ2n) is 5.99. The van der Waals surface area contributed by atoms with Crippen molar-refractivity contribution in [1.29, 1.82) is 0 Å². The number of halogens is 1. The van der Waals surface area contributed by atoms with Crippen molar-refractivity contribution in [2.75, 3.05) is 13.1 Å². The van der Waals surface area contributed by atoms with Crippen LogP contribution in [0, 0.1) is 0 Å². The van der Waals surface area contributed by atoms with Gasteiger partial charge in [-0.05, 0) is 66.8 Å². The fourth-order valence-corrected chi connectivity index (χ4v) is 3.50. The molecule has 110 valence electrons. The number of piperidine rings is 1. The van der Waals surface area contributed by atoms with Gasteiger partial charge in [0.15, 0.2) is 5.52 Å². The maximum atomic E-state index is 12.2. The standard InChI is InChI=1S/C15H17BrN4O/c16-12-4-3-11-13(18-12)15(21)19-14(17-11)9-5-7-20(8-6-9)10-1-2-10/h3-4,9-10H,1-2,5-8H2,(H,17,19,21). The largest absolute Gasteiger partial charge is 0.308 e. The molecule has 2 aromatic heterocycles. The predicted molar refractivity (Wildman–Crippen MR) is 84.4 cm³/mol. The van der Waals surface area contributed by atoms with E-state index in [9.17, 15) is 4.79 Å². The number of nitrogens with zero attached hydrogens (tertiary/aromatic N) is 3. The number of pyridine rings is 1. The van der Waals surface area contributed by atoms with Crippen LogP contribution in [0.3, 0.4) is 0 Å². The normalized spacial score (nSPS) is 21.0. The number of aromatic nitrogens is 3. The molecule has 1 aliphatic carbocycles. The molecule has 2 aromatic rings. The number of fused-ring (bicyclic) bond motifs is 1. The van der Waals surface area contributed by atoms with Gasteiger partial charge in [0.2, 0.25) is 0 Å². The van der Waals surface area contributed by atoms with Crippen molar-refractivity contribution >= 4 is 27.0 Å². The summed E-state index contributed by atoms with van der Waals surface area (Å²) >= 11 is 3.29. The second kappa shape index (κ2) is 5.18. The molecule has 0 atom stereocenters. The van der Waals surface area contributed by atoms with E-state index in [0.717, 1.165) is 37.8 Å². The van der Waals surface area contributed by atoms with Crippen LogP contribution in [-0.4, -0.2) is 39.0 Å². The summed E-state index contributed by atoms with van der Waals surface area (Å²) < 4.78 is 0.660. The summed E-state index contributed by atoms with van der Waals surface area (Å²) in [6, 6.07) is 4.51. The van der Waals surface area contributed by atoms with Gasteiger partial charge in [-0.25, -0.2) is 9.97 Å². The van der Waals surface area contributed by atoms with Gasteiger partial charge < -0.3 is 9.88 Å². The summed E-state index contributed by atoms with van der Waals surface area (Å²) in [7, 11) is 0. The van der Waals surface area contributed by atoms with Gasteiger partial charge in [-0.3, -0.25) is 4.79 Å². The highest BCUT2D eigenvalue weighted by Gasteiger charge is 2.32. The Morgan fingerprint density at radius 3 is 2.62 bits per heavy atom. The molecular formula is C15H17BrN4O. The average Bonchev–Trinajstić information content (AvgIpc) is 3.33. The third kappa shape index (κ3) is 2.62. The lowest BCUT2D eigenvalue weighted by atomic mass is 9.95. The van der Waals surface area contributed by atoms with E-state index in [4.69, 9.17) is 0 Å². The number of nitrogens with one attached hydrogen (secondary N) is 1. The maximum absolute atomic E-state index is 12.2. The highest BCUT2D eigenvalue weighted by Crippen LogP contribution is 2.33. The molecule has 1 saturated heterocycles. The van der Waals surface area contributed by atoms with Crippen LogP contribution >= 0.6 is 15.9 Å². The molecule has 21 heavy (non-hydrogen) atoms. The molecule has 1 N–H and O–H groups in total. The van der Waals surface area contributed by atoms with Crippen LogP contribution in [0.2, 0.25) is 0 Å². The van der Waals surface area contributed by atoms with E-state index in [1.165, 1.54) is 12.8 Å². The van der Waals surface area contributed by atoms with Gasteiger partial charge in [0.25, 0.3) is 5.56 Å². The maximum Gasteiger partial charge on any atom is 0.277 e. The molecule has 0 radical (unpaired) electrons. The number of aromatic amines is 1. The van der Waals surface area contributed by atoms with Crippen LogP contribution in [0.1, 0.15) is 37.4 Å². The van der Waals surface area contributed by atoms with E-state index < -0.39 is 0 Å². The Bertz CT molecular complexity index is 732. The molecule has 0 bridgehead atoms. The summed E-state index contributed by atoms with van der Waals surface area (Å²) in [5.74, 6) is 1.19. The molecule has 4 rings (SSSR count). The summed E-state index contributed by atoms with van der Waals surface area (Å²) in [6.45, 7) is 2.24. The number of hydrogen-bond donors (Lipinski definition) is 1. The third-order valence-electron chi connectivity index (χ3n) is 4.52. The van der Waals surface area contributed by atoms with Crippen molar-refractivity contribution in [3.05, 3.63) is 32.9 Å². The van der Waals surface area contributed by atoms with Gasteiger partial charge in [0.05, 0.1) is 5.52 Å². The van der Waals surface area contributed by atoms with Gasteiger partial charge in [-0.2, -0.15) is 0 Å². The van der Waals surface area contributed by atoms with E-state index in [2.05, 4.69) is 35.8 Å². The zero-order valence-corrected chi connectivity index (χ0v) is 13.3. The number of likely N-dealkylation sites (tertiary alicyclic amines) is 1. The van der Waals surface area contributed by atoms with E-state index >= 15 is 0 Å². The quantitative estimate of drug-likeness (QED) is 0.846. The van der Waals surface area contributed by atoms with E-state index in [1.54, 1.807) is 0 Å². The molecule has 0 amide bonds. The molecule has 0 aromatic carbocycles. The molecule has 5 nitrogen and oxygen atoms in total. The van der Waals surface area contributed by atoms with E-state index in [1.807, 2.05) is 12.1 Å². The molecule has 2 aliphatic rings. The van der Waals surface area contributed by atoms with Crippen LogP contribution in [0.4, 0.5) is 0 Å². The van der Waals surface area contributed by atoms with E-state index in [-0.39, 0.29) is 5.56 Å². The number of H-pyrrole nitrogens is 1. The summed E-state index contributed by atoms with van der Waals surface area (Å²) in [4.78, 5) is 26.5. The van der Waals surface area contributed by atoms with Crippen LogP contribution in [-0.2, 0) is 0 Å². The first kappa shape index (κ1) is 13.4. The van der Waals surface area contributed by atoms with Gasteiger partial charge in [0, 0.05) is 12.0 Å². The Balaban J connectivity index is 1.62. The van der Waals surface area contributed by atoms with Gasteiger partial charge in [-0.15, -0.1) is 0 Å². The summed E-state index contributed by atoms with van der Waals surface area (Å²) in [5, 5.41) is 0. The SMILES string of the molecule is O=c1[nH]c(C2CCN(C3CC3)CC2)nc2ccc(Br)nc12. The third-order valence-corrected chi connectivity index (χ3v) is 4.96. The molecule has 0 spiro atoms. The second-order valence-corrected chi connectivity index (χ2v) is 6.81. The highest BCUT2D eigenvalue weighted by molar-refractivity contribution is 9.10. The molecule has 3 heterocycles. The van der Waals surface area contributed by atoms with Gasteiger partial charge in [-0.1, -0.05) is 0 Å². The Kier molecular flexibility index (Phi) is 3.30. The van der Waals surface area contributed by atoms with Crippen LogP contribution < -0.4 is 5.56 Å². The first-order valence-corrected chi connectivity index (χ1v) is 8.30. The molecule has 2 fully saturated rings. The van der Waals surface area contributed by atoms with Crippen molar-refractivity contribution in [1.82, 2.24) is 19.9 Å². The van der Waals surface area contributed by atoms with Crippen LogP contribution in [0.25, 0.3) is 11.0 Å². The number of hydrogen-bond acceptors (Lipinski definition) is 4. The fourth-order valence-electron chi connectivity index (χ4n) is 3.19. The minimum Gasteiger partial charge on any atom is -0.308 e. The van der Waals surface area contributed by atoms with Crippen LogP contribution in [0.15, 0.2) is 21.5 Å². The Morgan fingerprint density at radius 1 is 1.14 bits per heavy atom. The Hall–Kier alpha value is -1.27. The first-order chi connectivity index (χ1) is 10.2.